The first-order chi connectivity index (χ1) is 7.62. The van der Waals surface area contributed by atoms with Gasteiger partial charge in [-0.1, -0.05) is 0 Å². The molecular formula is C11H12O4S. The summed E-state index contributed by atoms with van der Waals surface area (Å²) in [6, 6.07) is 4.70. The molecule has 1 rings (SSSR count). The fraction of sp³-hybridized carbons (Fsp3) is 0.273. The molecule has 0 aliphatic heterocycles. The van der Waals surface area contributed by atoms with Crippen LogP contribution in [0.4, 0.5) is 0 Å². The number of thiol groups is 1. The summed E-state index contributed by atoms with van der Waals surface area (Å²) in [6.45, 7) is 0. The molecule has 4 nitrogen and oxygen atoms in total. The molecule has 0 saturated heterocycles. The SMILES string of the molecule is COC(=O)c1cc(CS)cc(C(=O)OC)c1. The van der Waals surface area contributed by atoms with E-state index in [-0.39, 0.29) is 0 Å². The van der Waals surface area contributed by atoms with Crippen molar-refractivity contribution in [1.82, 2.24) is 0 Å². The summed E-state index contributed by atoms with van der Waals surface area (Å²) in [4.78, 5) is 22.7. The molecule has 0 aromatic heterocycles. The van der Waals surface area contributed by atoms with E-state index in [2.05, 4.69) is 22.1 Å². The van der Waals surface area contributed by atoms with E-state index < -0.39 is 11.9 Å². The van der Waals surface area contributed by atoms with Crippen molar-refractivity contribution in [2.45, 2.75) is 5.75 Å². The van der Waals surface area contributed by atoms with Gasteiger partial charge in [0.25, 0.3) is 0 Å². The van der Waals surface area contributed by atoms with E-state index in [0.29, 0.717) is 16.9 Å². The van der Waals surface area contributed by atoms with Gasteiger partial charge in [0, 0.05) is 5.75 Å². The zero-order valence-electron chi connectivity index (χ0n) is 9.02. The quantitative estimate of drug-likeness (QED) is 0.645. The third-order valence-corrected chi connectivity index (χ3v) is 2.38. The Bertz CT molecular complexity index is 380. The minimum atomic E-state index is -0.492. The maximum Gasteiger partial charge on any atom is 0.337 e. The number of hydrogen-bond donors (Lipinski definition) is 1. The first-order valence-electron chi connectivity index (χ1n) is 4.53. The minimum absolute atomic E-state index is 0.314. The van der Waals surface area contributed by atoms with E-state index in [1.807, 2.05) is 0 Å². The van der Waals surface area contributed by atoms with Crippen molar-refractivity contribution in [3.63, 3.8) is 0 Å². The Labute approximate surface area is 99.0 Å². The largest absolute Gasteiger partial charge is 0.465 e. The number of ether oxygens (including phenoxy) is 2. The van der Waals surface area contributed by atoms with Gasteiger partial charge < -0.3 is 9.47 Å². The van der Waals surface area contributed by atoms with Crippen molar-refractivity contribution < 1.29 is 19.1 Å². The fourth-order valence-electron chi connectivity index (χ4n) is 1.25. The van der Waals surface area contributed by atoms with Gasteiger partial charge in [0.05, 0.1) is 25.3 Å². The molecule has 0 aliphatic carbocycles. The maximum absolute atomic E-state index is 11.3. The Kier molecular flexibility index (Phi) is 4.37. The van der Waals surface area contributed by atoms with E-state index in [0.717, 1.165) is 5.56 Å². The molecule has 0 bridgehead atoms. The number of benzene rings is 1. The molecule has 0 amide bonds. The van der Waals surface area contributed by atoms with Gasteiger partial charge in [0.2, 0.25) is 0 Å². The first-order valence-corrected chi connectivity index (χ1v) is 5.17. The van der Waals surface area contributed by atoms with Gasteiger partial charge in [-0.25, -0.2) is 9.59 Å². The summed E-state index contributed by atoms with van der Waals surface area (Å²) in [5.41, 5.74) is 1.38. The zero-order chi connectivity index (χ0) is 12.1. The number of methoxy groups -OCH3 is 2. The minimum Gasteiger partial charge on any atom is -0.465 e. The van der Waals surface area contributed by atoms with E-state index in [4.69, 9.17) is 0 Å². The van der Waals surface area contributed by atoms with Gasteiger partial charge in [-0.15, -0.1) is 0 Å². The Morgan fingerprint density at radius 3 is 1.81 bits per heavy atom. The normalized spacial score (nSPS) is 9.69. The first kappa shape index (κ1) is 12.6. The monoisotopic (exact) mass is 240 g/mol. The molecule has 0 N–H and O–H groups in total. The molecule has 0 heterocycles. The van der Waals surface area contributed by atoms with Crippen molar-refractivity contribution >= 4 is 24.6 Å². The van der Waals surface area contributed by atoms with Crippen LogP contribution in [0.5, 0.6) is 0 Å². The average molecular weight is 240 g/mol. The van der Waals surface area contributed by atoms with Crippen LogP contribution in [0.2, 0.25) is 0 Å². The van der Waals surface area contributed by atoms with Crippen LogP contribution in [-0.2, 0) is 15.2 Å². The molecule has 16 heavy (non-hydrogen) atoms. The topological polar surface area (TPSA) is 52.6 Å². The van der Waals surface area contributed by atoms with Crippen molar-refractivity contribution in [3.8, 4) is 0 Å². The number of carbonyl (C=O) groups excluding carboxylic acids is 2. The number of hydrogen-bond acceptors (Lipinski definition) is 5. The Morgan fingerprint density at radius 2 is 1.50 bits per heavy atom. The average Bonchev–Trinajstić information content (AvgIpc) is 2.35. The predicted octanol–water partition coefficient (Wildman–Crippen LogP) is 1.69. The molecule has 1 aromatic rings. The highest BCUT2D eigenvalue weighted by Gasteiger charge is 2.12. The van der Waals surface area contributed by atoms with Crippen LogP contribution >= 0.6 is 12.6 Å². The van der Waals surface area contributed by atoms with Gasteiger partial charge in [-0.2, -0.15) is 12.6 Å². The molecule has 5 heteroatoms. The fourth-order valence-corrected chi connectivity index (χ4v) is 1.44. The van der Waals surface area contributed by atoms with Gasteiger partial charge in [0.1, 0.15) is 0 Å². The molecule has 0 spiro atoms. The lowest BCUT2D eigenvalue weighted by Gasteiger charge is -2.05. The van der Waals surface area contributed by atoms with E-state index in [9.17, 15) is 9.59 Å². The Balaban J connectivity index is 3.20. The lowest BCUT2D eigenvalue weighted by Crippen LogP contribution is -2.07. The smallest absolute Gasteiger partial charge is 0.337 e. The number of esters is 2. The van der Waals surface area contributed by atoms with Crippen LogP contribution in [0.3, 0.4) is 0 Å². The standard InChI is InChI=1S/C11H12O4S/c1-14-10(12)8-3-7(6-16)4-9(5-8)11(13)15-2/h3-5,16H,6H2,1-2H3. The van der Waals surface area contributed by atoms with Gasteiger partial charge in [-0.3, -0.25) is 0 Å². The maximum atomic E-state index is 11.3. The van der Waals surface area contributed by atoms with E-state index in [1.54, 1.807) is 12.1 Å². The van der Waals surface area contributed by atoms with Crippen molar-refractivity contribution in [1.29, 1.82) is 0 Å². The molecule has 0 fully saturated rings. The van der Waals surface area contributed by atoms with Crippen LogP contribution < -0.4 is 0 Å². The van der Waals surface area contributed by atoms with Crippen LogP contribution in [-0.4, -0.2) is 26.2 Å². The van der Waals surface area contributed by atoms with Crippen LogP contribution in [0.25, 0.3) is 0 Å². The van der Waals surface area contributed by atoms with E-state index in [1.165, 1.54) is 20.3 Å². The highest BCUT2D eigenvalue weighted by atomic mass is 32.1. The van der Waals surface area contributed by atoms with Gasteiger partial charge in [0.15, 0.2) is 0 Å². The Hall–Kier alpha value is -1.49. The van der Waals surface area contributed by atoms with Gasteiger partial charge >= 0.3 is 11.9 Å². The lowest BCUT2D eigenvalue weighted by molar-refractivity contribution is 0.0599. The van der Waals surface area contributed by atoms with Crippen LogP contribution in [0.1, 0.15) is 26.3 Å². The molecule has 0 saturated carbocycles. The second-order valence-corrected chi connectivity index (χ2v) is 3.38. The predicted molar refractivity (Wildman–Crippen MR) is 61.8 cm³/mol. The summed E-state index contributed by atoms with van der Waals surface area (Å²) in [5, 5.41) is 0. The molecule has 0 aliphatic rings. The molecule has 86 valence electrons. The molecule has 0 atom stereocenters. The van der Waals surface area contributed by atoms with Crippen LogP contribution in [0.15, 0.2) is 18.2 Å². The van der Waals surface area contributed by atoms with Crippen LogP contribution in [0, 0.1) is 0 Å². The summed E-state index contributed by atoms with van der Waals surface area (Å²) >= 11 is 4.10. The van der Waals surface area contributed by atoms with Crippen molar-refractivity contribution in [2.75, 3.05) is 14.2 Å². The summed E-state index contributed by atoms with van der Waals surface area (Å²) in [6.07, 6.45) is 0. The number of carbonyl (C=O) groups is 2. The second-order valence-electron chi connectivity index (χ2n) is 3.06. The summed E-state index contributed by atoms with van der Waals surface area (Å²) < 4.78 is 9.18. The van der Waals surface area contributed by atoms with Crippen molar-refractivity contribution in [3.05, 3.63) is 34.9 Å². The number of rotatable bonds is 3. The third kappa shape index (κ3) is 2.76. The summed E-state index contributed by atoms with van der Waals surface area (Å²) in [7, 11) is 2.57. The van der Waals surface area contributed by atoms with E-state index >= 15 is 0 Å². The highest BCUT2D eigenvalue weighted by Crippen LogP contribution is 2.14. The highest BCUT2D eigenvalue weighted by molar-refractivity contribution is 7.79. The molecule has 0 radical (unpaired) electrons. The third-order valence-electron chi connectivity index (χ3n) is 2.02. The molecular weight excluding hydrogens is 228 g/mol. The zero-order valence-corrected chi connectivity index (χ0v) is 9.91. The molecule has 0 unspecified atom stereocenters. The van der Waals surface area contributed by atoms with Crippen molar-refractivity contribution in [2.24, 2.45) is 0 Å². The summed E-state index contributed by atoms with van der Waals surface area (Å²) in [5.74, 6) is -0.558. The lowest BCUT2D eigenvalue weighted by atomic mass is 10.1. The Morgan fingerprint density at radius 1 is 1.06 bits per heavy atom. The van der Waals surface area contributed by atoms with Gasteiger partial charge in [-0.05, 0) is 23.8 Å². The second kappa shape index (κ2) is 5.55. The molecule has 1 aromatic carbocycles.